The Bertz CT molecular complexity index is 667. The molecule has 3 heterocycles. The van der Waals surface area contributed by atoms with Crippen molar-refractivity contribution < 1.29 is 9.53 Å². The molecule has 3 rings (SSSR count). The molecule has 1 aliphatic rings. The number of ether oxygens (including phenoxy) is 1. The molecule has 1 saturated heterocycles. The highest BCUT2D eigenvalue weighted by atomic mass is 16.5. The third kappa shape index (κ3) is 3.87. The number of hydrogen-bond donors (Lipinski definition) is 2. The van der Waals surface area contributed by atoms with Crippen LogP contribution in [0.5, 0.6) is 0 Å². The highest BCUT2D eigenvalue weighted by molar-refractivity contribution is 5.88. The van der Waals surface area contributed by atoms with Gasteiger partial charge in [-0.15, -0.1) is 0 Å². The molecule has 1 aliphatic heterocycles. The van der Waals surface area contributed by atoms with Crippen molar-refractivity contribution in [2.75, 3.05) is 11.9 Å². The predicted molar refractivity (Wildman–Crippen MR) is 86.1 cm³/mol. The van der Waals surface area contributed by atoms with E-state index in [-0.39, 0.29) is 18.2 Å². The number of carbonyl (C=O) groups is 1. The number of aryl methyl sites for hydroxylation is 2. The molecule has 0 unspecified atom stereocenters. The van der Waals surface area contributed by atoms with Gasteiger partial charge in [-0.1, -0.05) is 6.07 Å². The zero-order chi connectivity index (χ0) is 16.2. The normalized spacial score (nSPS) is 21.0. The molecule has 0 saturated carbocycles. The Morgan fingerprint density at radius 3 is 2.96 bits per heavy atom. The average molecular weight is 315 g/mol. The summed E-state index contributed by atoms with van der Waals surface area (Å²) in [5, 5.41) is 9.92. The standard InChI is InChI=1S/C16H21N5O2/c1-11-5-6-14(17-8-11)20-16(22)19-13-4-3-7-23-15(13)12-9-18-21(2)10-12/h5-6,8-10,13,15H,3-4,7H2,1-2H3,(H2,17,19,20,22)/t13-,15+/m0/s1. The summed E-state index contributed by atoms with van der Waals surface area (Å²) in [5.41, 5.74) is 2.03. The molecule has 2 aromatic heterocycles. The van der Waals surface area contributed by atoms with Crippen LogP contribution in [0.3, 0.4) is 0 Å². The molecular weight excluding hydrogens is 294 g/mol. The molecule has 2 aromatic rings. The van der Waals surface area contributed by atoms with Gasteiger partial charge in [0.2, 0.25) is 0 Å². The maximum atomic E-state index is 12.2. The van der Waals surface area contributed by atoms with Crippen LogP contribution in [0.15, 0.2) is 30.7 Å². The summed E-state index contributed by atoms with van der Waals surface area (Å²) in [4.78, 5) is 16.4. The van der Waals surface area contributed by atoms with Gasteiger partial charge in [-0.05, 0) is 31.4 Å². The fourth-order valence-electron chi connectivity index (χ4n) is 2.71. The minimum atomic E-state index is -0.272. The highest BCUT2D eigenvalue weighted by Crippen LogP contribution is 2.28. The minimum absolute atomic E-state index is 0.0848. The first-order valence-electron chi connectivity index (χ1n) is 7.72. The van der Waals surface area contributed by atoms with Crippen LogP contribution in [-0.4, -0.2) is 33.4 Å². The number of hydrogen-bond acceptors (Lipinski definition) is 4. The van der Waals surface area contributed by atoms with E-state index in [1.807, 2.05) is 26.2 Å². The van der Waals surface area contributed by atoms with E-state index in [0.717, 1.165) is 24.0 Å². The van der Waals surface area contributed by atoms with Crippen molar-refractivity contribution >= 4 is 11.8 Å². The van der Waals surface area contributed by atoms with E-state index in [0.29, 0.717) is 12.4 Å². The lowest BCUT2D eigenvalue weighted by atomic mass is 9.98. The summed E-state index contributed by atoms with van der Waals surface area (Å²) >= 11 is 0. The largest absolute Gasteiger partial charge is 0.371 e. The summed E-state index contributed by atoms with van der Waals surface area (Å²) in [6.07, 6.45) is 7.04. The molecule has 2 amide bonds. The number of pyridine rings is 1. The summed E-state index contributed by atoms with van der Waals surface area (Å²) in [6, 6.07) is 3.33. The van der Waals surface area contributed by atoms with Gasteiger partial charge in [0, 0.05) is 31.6 Å². The van der Waals surface area contributed by atoms with E-state index in [1.54, 1.807) is 23.1 Å². The second-order valence-electron chi connectivity index (χ2n) is 5.81. The van der Waals surface area contributed by atoms with Gasteiger partial charge in [0.25, 0.3) is 0 Å². The number of nitrogens with zero attached hydrogens (tertiary/aromatic N) is 3. The molecular formula is C16H21N5O2. The predicted octanol–water partition coefficient (Wildman–Crippen LogP) is 2.17. The Balaban J connectivity index is 1.64. The van der Waals surface area contributed by atoms with Crippen molar-refractivity contribution in [3.05, 3.63) is 41.9 Å². The van der Waals surface area contributed by atoms with E-state index >= 15 is 0 Å². The molecule has 2 atom stereocenters. The topological polar surface area (TPSA) is 81.1 Å². The number of rotatable bonds is 3. The highest BCUT2D eigenvalue weighted by Gasteiger charge is 2.29. The van der Waals surface area contributed by atoms with E-state index in [4.69, 9.17) is 4.74 Å². The molecule has 2 N–H and O–H groups in total. The maximum Gasteiger partial charge on any atom is 0.320 e. The lowest BCUT2D eigenvalue weighted by Crippen LogP contribution is -2.44. The van der Waals surface area contributed by atoms with Gasteiger partial charge in [0.05, 0.1) is 12.2 Å². The third-order valence-corrected chi connectivity index (χ3v) is 3.85. The van der Waals surface area contributed by atoms with Gasteiger partial charge in [0.1, 0.15) is 11.9 Å². The van der Waals surface area contributed by atoms with Gasteiger partial charge < -0.3 is 10.1 Å². The van der Waals surface area contributed by atoms with Crippen molar-refractivity contribution in [3.63, 3.8) is 0 Å². The van der Waals surface area contributed by atoms with E-state index in [1.165, 1.54) is 0 Å². The summed E-state index contributed by atoms with van der Waals surface area (Å²) in [5.74, 6) is 0.530. The molecule has 23 heavy (non-hydrogen) atoms. The zero-order valence-corrected chi connectivity index (χ0v) is 13.3. The zero-order valence-electron chi connectivity index (χ0n) is 13.3. The molecule has 0 aliphatic carbocycles. The Morgan fingerprint density at radius 2 is 2.26 bits per heavy atom. The Morgan fingerprint density at radius 1 is 1.39 bits per heavy atom. The third-order valence-electron chi connectivity index (χ3n) is 3.85. The molecule has 7 nitrogen and oxygen atoms in total. The van der Waals surface area contributed by atoms with E-state index in [2.05, 4.69) is 20.7 Å². The minimum Gasteiger partial charge on any atom is -0.371 e. The van der Waals surface area contributed by atoms with E-state index < -0.39 is 0 Å². The van der Waals surface area contributed by atoms with Gasteiger partial charge in [-0.25, -0.2) is 9.78 Å². The van der Waals surface area contributed by atoms with Gasteiger partial charge in [-0.2, -0.15) is 5.10 Å². The Hall–Kier alpha value is -2.41. The van der Waals surface area contributed by atoms with Crippen LogP contribution in [0.4, 0.5) is 10.6 Å². The number of carbonyl (C=O) groups excluding carboxylic acids is 1. The number of nitrogens with one attached hydrogen (secondary N) is 2. The second kappa shape index (κ2) is 6.78. The van der Waals surface area contributed by atoms with Crippen LogP contribution in [-0.2, 0) is 11.8 Å². The van der Waals surface area contributed by atoms with E-state index in [9.17, 15) is 4.79 Å². The molecule has 1 fully saturated rings. The molecule has 7 heteroatoms. The second-order valence-corrected chi connectivity index (χ2v) is 5.81. The summed E-state index contributed by atoms with van der Waals surface area (Å²) in [6.45, 7) is 2.65. The van der Waals surface area contributed by atoms with Crippen molar-refractivity contribution in [1.82, 2.24) is 20.1 Å². The number of anilines is 1. The molecule has 0 radical (unpaired) electrons. The van der Waals surface area contributed by atoms with Crippen LogP contribution in [0, 0.1) is 6.92 Å². The van der Waals surface area contributed by atoms with Crippen LogP contribution in [0.25, 0.3) is 0 Å². The lowest BCUT2D eigenvalue weighted by Gasteiger charge is -2.31. The molecule has 122 valence electrons. The maximum absolute atomic E-state index is 12.2. The number of aromatic nitrogens is 3. The smallest absolute Gasteiger partial charge is 0.320 e. The SMILES string of the molecule is Cc1ccc(NC(=O)N[C@H]2CCCO[C@@H]2c2cnn(C)c2)nc1. The van der Waals surface area contributed by atoms with Crippen LogP contribution < -0.4 is 10.6 Å². The fourth-order valence-corrected chi connectivity index (χ4v) is 2.71. The first-order valence-corrected chi connectivity index (χ1v) is 7.72. The van der Waals surface area contributed by atoms with Gasteiger partial charge >= 0.3 is 6.03 Å². The lowest BCUT2D eigenvalue weighted by molar-refractivity contribution is -0.00700. The molecule has 0 spiro atoms. The Kier molecular flexibility index (Phi) is 4.57. The fraction of sp³-hybridized carbons (Fsp3) is 0.438. The van der Waals surface area contributed by atoms with Crippen molar-refractivity contribution in [1.29, 1.82) is 0 Å². The molecule has 0 aromatic carbocycles. The number of amides is 2. The summed E-state index contributed by atoms with van der Waals surface area (Å²) in [7, 11) is 1.87. The van der Waals surface area contributed by atoms with Crippen LogP contribution in [0.2, 0.25) is 0 Å². The number of urea groups is 1. The molecule has 0 bridgehead atoms. The summed E-state index contributed by atoms with van der Waals surface area (Å²) < 4.78 is 7.58. The van der Waals surface area contributed by atoms with Crippen molar-refractivity contribution in [2.45, 2.75) is 31.9 Å². The van der Waals surface area contributed by atoms with Crippen molar-refractivity contribution in [2.24, 2.45) is 7.05 Å². The first-order chi connectivity index (χ1) is 11.1. The van der Waals surface area contributed by atoms with Gasteiger partial charge in [0.15, 0.2) is 0 Å². The van der Waals surface area contributed by atoms with Crippen LogP contribution >= 0.6 is 0 Å². The quantitative estimate of drug-likeness (QED) is 0.909. The van der Waals surface area contributed by atoms with Gasteiger partial charge in [-0.3, -0.25) is 10.00 Å². The Labute approximate surface area is 135 Å². The van der Waals surface area contributed by atoms with Crippen molar-refractivity contribution in [3.8, 4) is 0 Å². The van der Waals surface area contributed by atoms with Crippen LogP contribution in [0.1, 0.15) is 30.1 Å². The monoisotopic (exact) mass is 315 g/mol. The average Bonchev–Trinajstić information content (AvgIpc) is 2.96. The first kappa shape index (κ1) is 15.5.